The van der Waals surface area contributed by atoms with Gasteiger partial charge in [0.25, 0.3) is 0 Å². The molecule has 6 heteroatoms. The lowest BCUT2D eigenvalue weighted by molar-refractivity contribution is 0.181. The molecule has 0 amide bonds. The van der Waals surface area contributed by atoms with Crippen molar-refractivity contribution >= 4 is 29.9 Å². The second-order valence-corrected chi connectivity index (χ2v) is 5.59. The van der Waals surface area contributed by atoms with Crippen LogP contribution in [0, 0.1) is 18.7 Å². The first-order valence-corrected chi connectivity index (χ1v) is 7.34. The molecule has 1 atom stereocenters. The van der Waals surface area contributed by atoms with Gasteiger partial charge in [0.15, 0.2) is 5.96 Å². The highest BCUT2D eigenvalue weighted by Crippen LogP contribution is 2.13. The summed E-state index contributed by atoms with van der Waals surface area (Å²) in [4.78, 5) is 6.38. The fourth-order valence-corrected chi connectivity index (χ4v) is 2.51. The lowest BCUT2D eigenvalue weighted by Crippen LogP contribution is -2.41. The van der Waals surface area contributed by atoms with Crippen molar-refractivity contribution in [2.45, 2.75) is 19.9 Å². The van der Waals surface area contributed by atoms with Gasteiger partial charge < -0.3 is 15.0 Å². The van der Waals surface area contributed by atoms with E-state index in [9.17, 15) is 4.39 Å². The molecule has 0 saturated carbocycles. The normalized spacial score (nSPS) is 18.0. The van der Waals surface area contributed by atoms with Gasteiger partial charge in [-0.25, -0.2) is 4.39 Å². The Bertz CT molecular complexity index is 504. The lowest BCUT2D eigenvalue weighted by atomic mass is 10.1. The summed E-state index contributed by atoms with van der Waals surface area (Å²) in [5.74, 6) is 1.22. The molecule has 0 bridgehead atoms. The Balaban J connectivity index is 0.00000242. The van der Waals surface area contributed by atoms with Gasteiger partial charge in [-0.05, 0) is 30.5 Å². The molecule has 4 nitrogen and oxygen atoms in total. The zero-order valence-electron chi connectivity index (χ0n) is 13.4. The quantitative estimate of drug-likeness (QED) is 0.462. The van der Waals surface area contributed by atoms with Gasteiger partial charge in [0.1, 0.15) is 5.82 Å². The van der Waals surface area contributed by atoms with Crippen molar-refractivity contribution in [3.8, 4) is 0 Å². The number of ether oxygens (including phenoxy) is 1. The summed E-state index contributed by atoms with van der Waals surface area (Å²) in [5, 5.41) is 3.27. The molecule has 22 heavy (non-hydrogen) atoms. The van der Waals surface area contributed by atoms with Crippen LogP contribution in [0.15, 0.2) is 23.2 Å². The van der Waals surface area contributed by atoms with Crippen molar-refractivity contribution in [1.29, 1.82) is 0 Å². The zero-order chi connectivity index (χ0) is 15.2. The summed E-state index contributed by atoms with van der Waals surface area (Å²) in [6.07, 6.45) is 1.10. The number of nitrogens with one attached hydrogen (secondary N) is 1. The first-order valence-electron chi connectivity index (χ1n) is 7.34. The van der Waals surface area contributed by atoms with Crippen LogP contribution in [0.5, 0.6) is 0 Å². The maximum absolute atomic E-state index is 13.5. The molecular weight excluding hydrogens is 396 g/mol. The average Bonchev–Trinajstić information content (AvgIpc) is 2.96. The fraction of sp³-hybridized carbons (Fsp3) is 0.562. The van der Waals surface area contributed by atoms with E-state index < -0.39 is 0 Å². The molecule has 1 aliphatic rings. The van der Waals surface area contributed by atoms with Crippen LogP contribution in [0.1, 0.15) is 17.5 Å². The maximum atomic E-state index is 13.5. The minimum absolute atomic E-state index is 0. The molecule has 1 fully saturated rings. The second-order valence-electron chi connectivity index (χ2n) is 5.59. The van der Waals surface area contributed by atoms with Crippen molar-refractivity contribution in [2.24, 2.45) is 10.9 Å². The van der Waals surface area contributed by atoms with E-state index in [1.54, 1.807) is 26.1 Å². The number of hydrogen-bond acceptors (Lipinski definition) is 2. The van der Waals surface area contributed by atoms with Gasteiger partial charge in [0, 0.05) is 39.7 Å². The second kappa shape index (κ2) is 9.29. The van der Waals surface area contributed by atoms with Gasteiger partial charge in [0.05, 0.1) is 6.61 Å². The van der Waals surface area contributed by atoms with Crippen LogP contribution >= 0.6 is 24.0 Å². The monoisotopic (exact) mass is 421 g/mol. The number of nitrogens with zero attached hydrogens (tertiary/aromatic N) is 2. The summed E-state index contributed by atoms with van der Waals surface area (Å²) in [7, 11) is 3.78. The predicted molar refractivity (Wildman–Crippen MR) is 98.3 cm³/mol. The highest BCUT2D eigenvalue weighted by molar-refractivity contribution is 14.0. The van der Waals surface area contributed by atoms with Crippen LogP contribution < -0.4 is 5.32 Å². The molecule has 1 aromatic carbocycles. The molecule has 0 spiro atoms. The summed E-state index contributed by atoms with van der Waals surface area (Å²) >= 11 is 0. The Morgan fingerprint density at radius 2 is 2.27 bits per heavy atom. The first kappa shape index (κ1) is 19.2. The summed E-state index contributed by atoms with van der Waals surface area (Å²) in [6.45, 7) is 4.93. The third-order valence-corrected chi connectivity index (χ3v) is 3.82. The van der Waals surface area contributed by atoms with E-state index in [-0.39, 0.29) is 29.8 Å². The highest BCUT2D eigenvalue weighted by Gasteiger charge is 2.18. The molecule has 1 unspecified atom stereocenters. The Kier molecular flexibility index (Phi) is 8.09. The third-order valence-electron chi connectivity index (χ3n) is 3.82. The fourth-order valence-electron chi connectivity index (χ4n) is 2.51. The van der Waals surface area contributed by atoms with Crippen LogP contribution in [0.4, 0.5) is 4.39 Å². The number of hydrogen-bond donors (Lipinski definition) is 1. The van der Waals surface area contributed by atoms with E-state index in [2.05, 4.69) is 15.2 Å². The van der Waals surface area contributed by atoms with E-state index in [0.29, 0.717) is 18.0 Å². The van der Waals surface area contributed by atoms with Crippen LogP contribution in [0.25, 0.3) is 0 Å². The van der Waals surface area contributed by atoms with Gasteiger partial charge in [-0.3, -0.25) is 4.99 Å². The van der Waals surface area contributed by atoms with E-state index >= 15 is 0 Å². The van der Waals surface area contributed by atoms with Crippen LogP contribution in [-0.4, -0.2) is 44.7 Å². The van der Waals surface area contributed by atoms with Crippen molar-refractivity contribution in [2.75, 3.05) is 33.9 Å². The Morgan fingerprint density at radius 3 is 2.86 bits per heavy atom. The largest absolute Gasteiger partial charge is 0.381 e. The average molecular weight is 421 g/mol. The van der Waals surface area contributed by atoms with Crippen molar-refractivity contribution < 1.29 is 9.13 Å². The number of guanidine groups is 1. The Labute approximate surface area is 149 Å². The molecule has 0 aromatic heterocycles. The van der Waals surface area contributed by atoms with Gasteiger partial charge in [-0.2, -0.15) is 0 Å². The summed E-state index contributed by atoms with van der Waals surface area (Å²) in [6, 6.07) is 5.30. The highest BCUT2D eigenvalue weighted by atomic mass is 127. The molecule has 1 heterocycles. The van der Waals surface area contributed by atoms with E-state index in [0.717, 1.165) is 37.7 Å². The molecule has 1 aliphatic heterocycles. The van der Waals surface area contributed by atoms with Gasteiger partial charge in [0.2, 0.25) is 0 Å². The van der Waals surface area contributed by atoms with E-state index in [1.165, 1.54) is 0 Å². The molecular formula is C16H25FIN3O. The lowest BCUT2D eigenvalue weighted by Gasteiger charge is -2.24. The maximum Gasteiger partial charge on any atom is 0.193 e. The Hall–Kier alpha value is -0.890. The molecule has 1 saturated heterocycles. The minimum atomic E-state index is -0.166. The van der Waals surface area contributed by atoms with Crippen LogP contribution in [0.2, 0.25) is 0 Å². The standard InChI is InChI=1S/C16H24FN3O.HI/c1-12-4-5-13(8-15(12)17)9-19-16(18-2)20(3)10-14-6-7-21-11-14;/h4-5,8,14H,6-7,9-11H2,1-3H3,(H,18,19);1H. The SMILES string of the molecule is CN=C(NCc1ccc(C)c(F)c1)N(C)CC1CCOC1.I. The number of benzene rings is 1. The smallest absolute Gasteiger partial charge is 0.193 e. The van der Waals surface area contributed by atoms with Gasteiger partial charge >= 0.3 is 0 Å². The third kappa shape index (κ3) is 5.39. The number of rotatable bonds is 4. The van der Waals surface area contributed by atoms with E-state index in [4.69, 9.17) is 4.74 Å². The van der Waals surface area contributed by atoms with Crippen molar-refractivity contribution in [3.63, 3.8) is 0 Å². The van der Waals surface area contributed by atoms with Gasteiger partial charge in [-0.15, -0.1) is 24.0 Å². The van der Waals surface area contributed by atoms with Gasteiger partial charge in [-0.1, -0.05) is 12.1 Å². The predicted octanol–water partition coefficient (Wildman–Crippen LogP) is 2.80. The summed E-state index contributed by atoms with van der Waals surface area (Å²) < 4.78 is 18.9. The molecule has 1 aromatic rings. The minimum Gasteiger partial charge on any atom is -0.381 e. The van der Waals surface area contributed by atoms with Crippen LogP contribution in [-0.2, 0) is 11.3 Å². The number of aliphatic imine (C=N–C) groups is 1. The molecule has 124 valence electrons. The summed E-state index contributed by atoms with van der Waals surface area (Å²) in [5.41, 5.74) is 1.58. The Morgan fingerprint density at radius 1 is 1.50 bits per heavy atom. The van der Waals surface area contributed by atoms with Crippen molar-refractivity contribution in [1.82, 2.24) is 10.2 Å². The molecule has 0 aliphatic carbocycles. The molecule has 1 N–H and O–H groups in total. The van der Waals surface area contributed by atoms with Crippen LogP contribution in [0.3, 0.4) is 0 Å². The molecule has 0 radical (unpaired) electrons. The topological polar surface area (TPSA) is 36.9 Å². The number of halogens is 2. The molecule has 2 rings (SSSR count). The van der Waals surface area contributed by atoms with E-state index in [1.807, 2.05) is 13.1 Å². The van der Waals surface area contributed by atoms with Crippen molar-refractivity contribution in [3.05, 3.63) is 35.1 Å². The zero-order valence-corrected chi connectivity index (χ0v) is 15.8. The first-order chi connectivity index (χ1) is 10.1. The number of aryl methyl sites for hydroxylation is 1.